The van der Waals surface area contributed by atoms with E-state index in [1.807, 2.05) is 0 Å². The average molecular weight is 305 g/mol. The summed E-state index contributed by atoms with van der Waals surface area (Å²) in [4.78, 5) is 0. The second-order valence-corrected chi connectivity index (χ2v) is 7.38. The van der Waals surface area contributed by atoms with E-state index < -0.39 is 15.6 Å². The van der Waals surface area contributed by atoms with Crippen molar-refractivity contribution in [3.63, 3.8) is 0 Å². The monoisotopic (exact) mass is 304 g/mol. The molecule has 0 unspecified atom stereocenters. The molecule has 1 heterocycles. The highest BCUT2D eigenvalue weighted by Crippen LogP contribution is 2.26. The molecule has 0 saturated carbocycles. The van der Waals surface area contributed by atoms with Crippen molar-refractivity contribution < 1.29 is 8.42 Å². The molecule has 0 spiro atoms. The van der Waals surface area contributed by atoms with Crippen LogP contribution in [0.1, 0.15) is 13.8 Å². The standard InChI is InChI=1S/C8H13ClN2O2S2.ClH/c1-8(2,5-10)11-15(12,13)7-4-3-6(9)14-7;/h3-4,11H,5,10H2,1-2H3;1H. The molecular formula is C8H14Cl2N2O2S2. The Balaban J connectivity index is 0.00000225. The van der Waals surface area contributed by atoms with Gasteiger partial charge >= 0.3 is 0 Å². The molecule has 0 radical (unpaired) electrons. The minimum Gasteiger partial charge on any atom is -0.329 e. The van der Waals surface area contributed by atoms with Crippen LogP contribution in [0.3, 0.4) is 0 Å². The molecule has 0 aliphatic rings. The zero-order valence-electron chi connectivity index (χ0n) is 8.86. The maximum Gasteiger partial charge on any atom is 0.250 e. The molecule has 0 aromatic carbocycles. The minimum atomic E-state index is -3.51. The van der Waals surface area contributed by atoms with Crippen LogP contribution in [0.5, 0.6) is 0 Å². The number of sulfonamides is 1. The summed E-state index contributed by atoms with van der Waals surface area (Å²) in [7, 11) is -3.51. The van der Waals surface area contributed by atoms with E-state index in [1.54, 1.807) is 19.9 Å². The van der Waals surface area contributed by atoms with Crippen molar-refractivity contribution in [2.75, 3.05) is 6.54 Å². The van der Waals surface area contributed by atoms with Crippen LogP contribution >= 0.6 is 35.3 Å². The van der Waals surface area contributed by atoms with Gasteiger partial charge < -0.3 is 5.73 Å². The van der Waals surface area contributed by atoms with Crippen LogP contribution in [-0.4, -0.2) is 20.5 Å². The number of nitrogens with one attached hydrogen (secondary N) is 1. The molecule has 3 N–H and O–H groups in total. The molecule has 1 aromatic rings. The largest absolute Gasteiger partial charge is 0.329 e. The lowest BCUT2D eigenvalue weighted by atomic mass is 10.1. The Morgan fingerprint density at radius 3 is 2.44 bits per heavy atom. The fourth-order valence-electron chi connectivity index (χ4n) is 0.898. The first-order valence-electron chi connectivity index (χ1n) is 4.26. The van der Waals surface area contributed by atoms with Gasteiger partial charge in [-0.3, -0.25) is 0 Å². The van der Waals surface area contributed by atoms with Crippen LogP contribution in [0.15, 0.2) is 16.3 Å². The topological polar surface area (TPSA) is 72.2 Å². The molecule has 8 heteroatoms. The average Bonchev–Trinajstić information content (AvgIpc) is 2.51. The van der Waals surface area contributed by atoms with Crippen molar-refractivity contribution in [2.45, 2.75) is 23.6 Å². The maximum atomic E-state index is 11.8. The fourth-order valence-corrected chi connectivity index (χ4v) is 3.80. The van der Waals surface area contributed by atoms with Gasteiger partial charge in [0, 0.05) is 12.1 Å². The first-order chi connectivity index (χ1) is 6.77. The molecule has 0 bridgehead atoms. The van der Waals surface area contributed by atoms with Gasteiger partial charge in [0.2, 0.25) is 0 Å². The van der Waals surface area contributed by atoms with E-state index in [0.717, 1.165) is 11.3 Å². The van der Waals surface area contributed by atoms with Gasteiger partial charge in [0.25, 0.3) is 10.0 Å². The van der Waals surface area contributed by atoms with E-state index in [9.17, 15) is 8.42 Å². The summed E-state index contributed by atoms with van der Waals surface area (Å²) in [6, 6.07) is 3.03. The SMILES string of the molecule is CC(C)(CN)NS(=O)(=O)c1ccc(Cl)s1.Cl. The van der Waals surface area contributed by atoms with Crippen LogP contribution < -0.4 is 10.5 Å². The zero-order valence-corrected chi connectivity index (χ0v) is 12.1. The van der Waals surface area contributed by atoms with Crippen molar-refractivity contribution in [3.8, 4) is 0 Å². The predicted octanol–water partition coefficient (Wildman–Crippen LogP) is 1.84. The Hall–Kier alpha value is 0.150. The highest BCUT2D eigenvalue weighted by molar-refractivity contribution is 7.91. The molecular weight excluding hydrogens is 291 g/mol. The Labute approximate surface area is 111 Å². The molecule has 0 aliphatic heterocycles. The van der Waals surface area contributed by atoms with Crippen molar-refractivity contribution in [3.05, 3.63) is 16.5 Å². The van der Waals surface area contributed by atoms with Gasteiger partial charge in [0.05, 0.1) is 4.34 Å². The summed E-state index contributed by atoms with van der Waals surface area (Å²) in [5.41, 5.74) is 4.79. The smallest absolute Gasteiger partial charge is 0.250 e. The van der Waals surface area contributed by atoms with Gasteiger partial charge in [-0.05, 0) is 26.0 Å². The van der Waals surface area contributed by atoms with Gasteiger partial charge in [0.1, 0.15) is 4.21 Å². The summed E-state index contributed by atoms with van der Waals surface area (Å²) in [6.45, 7) is 3.67. The Bertz CT molecular complexity index is 443. The highest BCUT2D eigenvalue weighted by atomic mass is 35.5. The van der Waals surface area contributed by atoms with E-state index >= 15 is 0 Å². The van der Waals surface area contributed by atoms with Gasteiger partial charge in [-0.2, -0.15) is 0 Å². The van der Waals surface area contributed by atoms with Gasteiger partial charge in [0.15, 0.2) is 0 Å². The lowest BCUT2D eigenvalue weighted by molar-refractivity contribution is 0.463. The van der Waals surface area contributed by atoms with Crippen LogP contribution in [0.2, 0.25) is 4.34 Å². The third-order valence-corrected chi connectivity index (χ3v) is 5.16. The second-order valence-electron chi connectivity index (χ2n) is 3.75. The summed E-state index contributed by atoms with van der Waals surface area (Å²) in [5.74, 6) is 0. The number of hydrogen-bond donors (Lipinski definition) is 2. The molecule has 0 atom stereocenters. The molecule has 0 amide bonds. The maximum absolute atomic E-state index is 11.8. The summed E-state index contributed by atoms with van der Waals surface area (Å²) in [6.07, 6.45) is 0. The van der Waals surface area contributed by atoms with Crippen LogP contribution in [0, 0.1) is 0 Å². The van der Waals surface area contributed by atoms with Crippen LogP contribution in [0.25, 0.3) is 0 Å². The second kappa shape index (κ2) is 5.66. The quantitative estimate of drug-likeness (QED) is 0.891. The third kappa shape index (κ3) is 4.20. The van der Waals surface area contributed by atoms with Gasteiger partial charge in [-0.25, -0.2) is 13.1 Å². The van der Waals surface area contributed by atoms with Gasteiger partial charge in [-0.1, -0.05) is 11.6 Å². The fraction of sp³-hybridized carbons (Fsp3) is 0.500. The summed E-state index contributed by atoms with van der Waals surface area (Å²) in [5, 5.41) is 0. The third-order valence-electron chi connectivity index (χ3n) is 1.73. The van der Waals surface area contributed by atoms with E-state index in [-0.39, 0.29) is 23.2 Å². The molecule has 94 valence electrons. The predicted molar refractivity (Wildman–Crippen MR) is 70.0 cm³/mol. The normalized spacial score (nSPS) is 12.2. The summed E-state index contributed by atoms with van der Waals surface area (Å²) < 4.78 is 26.8. The van der Waals surface area contributed by atoms with E-state index in [0.29, 0.717) is 4.34 Å². The molecule has 0 aliphatic carbocycles. The summed E-state index contributed by atoms with van der Waals surface area (Å²) >= 11 is 6.69. The first-order valence-corrected chi connectivity index (χ1v) is 6.94. The lowest BCUT2D eigenvalue weighted by Crippen LogP contribution is -2.48. The number of rotatable bonds is 4. The Morgan fingerprint density at radius 1 is 1.50 bits per heavy atom. The number of thiophene rings is 1. The Kier molecular flexibility index (Phi) is 5.71. The van der Waals surface area contributed by atoms with Gasteiger partial charge in [-0.15, -0.1) is 23.7 Å². The van der Waals surface area contributed by atoms with E-state index in [2.05, 4.69) is 4.72 Å². The molecule has 16 heavy (non-hydrogen) atoms. The number of halogens is 2. The highest BCUT2D eigenvalue weighted by Gasteiger charge is 2.25. The molecule has 1 rings (SSSR count). The molecule has 4 nitrogen and oxygen atoms in total. The van der Waals surface area contributed by atoms with E-state index in [1.165, 1.54) is 6.07 Å². The van der Waals surface area contributed by atoms with Crippen molar-refractivity contribution >= 4 is 45.4 Å². The lowest BCUT2D eigenvalue weighted by Gasteiger charge is -2.23. The number of hydrogen-bond acceptors (Lipinski definition) is 4. The van der Waals surface area contributed by atoms with Crippen LogP contribution in [0.4, 0.5) is 0 Å². The zero-order chi connectivity index (χ0) is 11.7. The molecule has 1 aromatic heterocycles. The van der Waals surface area contributed by atoms with Crippen molar-refractivity contribution in [2.24, 2.45) is 5.73 Å². The van der Waals surface area contributed by atoms with Crippen molar-refractivity contribution in [1.82, 2.24) is 4.72 Å². The Morgan fingerprint density at radius 2 is 2.06 bits per heavy atom. The molecule has 0 fully saturated rings. The van der Waals surface area contributed by atoms with E-state index in [4.69, 9.17) is 17.3 Å². The van der Waals surface area contributed by atoms with Crippen LogP contribution in [-0.2, 0) is 10.0 Å². The number of nitrogens with two attached hydrogens (primary N) is 1. The molecule has 0 saturated heterocycles. The minimum absolute atomic E-state index is 0. The first kappa shape index (κ1) is 16.1. The van der Waals surface area contributed by atoms with Crippen molar-refractivity contribution in [1.29, 1.82) is 0 Å².